The van der Waals surface area contributed by atoms with Crippen LogP contribution in [-0.4, -0.2) is 34.3 Å². The molecule has 3 heterocycles. The minimum atomic E-state index is 0.0165. The Morgan fingerprint density at radius 1 is 1.33 bits per heavy atom. The average Bonchev–Trinajstić information content (AvgIpc) is 3.12. The summed E-state index contributed by atoms with van der Waals surface area (Å²) < 4.78 is 7.58. The van der Waals surface area contributed by atoms with E-state index in [2.05, 4.69) is 50.3 Å². The van der Waals surface area contributed by atoms with Gasteiger partial charge in [-0.25, -0.2) is 4.98 Å². The number of H-pyrrole nitrogens is 1. The Morgan fingerprint density at radius 2 is 2.24 bits per heavy atom. The van der Waals surface area contributed by atoms with E-state index in [9.17, 15) is 0 Å². The predicted molar refractivity (Wildman–Crippen MR) is 81.0 cm³/mol. The molecule has 108 valence electrons. The summed E-state index contributed by atoms with van der Waals surface area (Å²) in [6, 6.07) is 8.38. The summed E-state index contributed by atoms with van der Waals surface area (Å²) in [5, 5.41) is 4.85. The monoisotopic (exact) mass is 282 g/mol. The maximum absolute atomic E-state index is 5.43. The Hall–Kier alpha value is -2.11. The first-order valence-corrected chi connectivity index (χ1v) is 7.19. The Labute approximate surface area is 123 Å². The third-order valence-electron chi connectivity index (χ3n) is 4.24. The van der Waals surface area contributed by atoms with Gasteiger partial charge in [-0.05, 0) is 11.6 Å². The molecule has 1 saturated heterocycles. The first-order valence-electron chi connectivity index (χ1n) is 7.19. The first kappa shape index (κ1) is 12.6. The summed E-state index contributed by atoms with van der Waals surface area (Å²) in [7, 11) is 0. The van der Waals surface area contributed by atoms with E-state index in [4.69, 9.17) is 4.74 Å². The zero-order valence-electron chi connectivity index (χ0n) is 11.7. The largest absolute Gasteiger partial charge is 0.376 e. The summed E-state index contributed by atoms with van der Waals surface area (Å²) in [6.07, 6.45) is 7.78. The highest BCUT2D eigenvalue weighted by molar-refractivity contribution is 5.82. The van der Waals surface area contributed by atoms with Gasteiger partial charge in [-0.15, -0.1) is 0 Å². The summed E-state index contributed by atoms with van der Waals surface area (Å²) in [5.41, 5.74) is 2.50. The highest BCUT2D eigenvalue weighted by Gasteiger charge is 2.39. The Bertz CT molecular complexity index is 728. The van der Waals surface area contributed by atoms with Crippen molar-refractivity contribution in [3.05, 3.63) is 54.7 Å². The van der Waals surface area contributed by atoms with Gasteiger partial charge in [0.05, 0.1) is 19.5 Å². The van der Waals surface area contributed by atoms with E-state index in [0.717, 1.165) is 26.3 Å². The number of hydrogen-bond donors (Lipinski definition) is 2. The predicted octanol–water partition coefficient (Wildman–Crippen LogP) is 1.88. The van der Waals surface area contributed by atoms with Crippen molar-refractivity contribution in [2.24, 2.45) is 0 Å². The van der Waals surface area contributed by atoms with Crippen molar-refractivity contribution in [1.82, 2.24) is 19.9 Å². The average molecular weight is 282 g/mol. The minimum Gasteiger partial charge on any atom is -0.376 e. The molecule has 0 bridgehead atoms. The number of nitrogens with zero attached hydrogens (tertiary/aromatic N) is 2. The number of para-hydroxylation sites is 1. The standard InChI is InChI=1S/C16H18N4O/c1-2-4-15-14(3-1)13(8-19-15)7-18-9-16(10-21-11-16)20-6-5-17-12-20/h1-6,8,12,18-19H,7,9-11H2. The maximum atomic E-state index is 5.43. The number of fused-ring (bicyclic) bond motifs is 1. The second kappa shape index (κ2) is 5.02. The Balaban J connectivity index is 1.45. The van der Waals surface area contributed by atoms with Gasteiger partial charge in [0.15, 0.2) is 0 Å². The van der Waals surface area contributed by atoms with Crippen LogP contribution < -0.4 is 5.32 Å². The summed E-state index contributed by atoms with van der Waals surface area (Å²) in [4.78, 5) is 7.46. The normalized spacial score (nSPS) is 17.0. The van der Waals surface area contributed by atoms with Crippen LogP contribution >= 0.6 is 0 Å². The van der Waals surface area contributed by atoms with Crippen LogP contribution in [0.3, 0.4) is 0 Å². The molecule has 2 aromatic heterocycles. The SMILES string of the molecule is c1ccc2c(CNCC3(n4ccnc4)COC3)c[nH]c2c1. The molecule has 3 aromatic rings. The van der Waals surface area contributed by atoms with Gasteiger partial charge in [0.1, 0.15) is 5.54 Å². The van der Waals surface area contributed by atoms with Gasteiger partial charge in [-0.3, -0.25) is 0 Å². The van der Waals surface area contributed by atoms with E-state index < -0.39 is 0 Å². The molecule has 0 radical (unpaired) electrons. The molecule has 21 heavy (non-hydrogen) atoms. The molecule has 1 aliphatic rings. The first-order chi connectivity index (χ1) is 10.4. The van der Waals surface area contributed by atoms with Crippen LogP contribution in [0.1, 0.15) is 5.56 Å². The number of rotatable bonds is 5. The third kappa shape index (κ3) is 2.14. The molecule has 5 heteroatoms. The highest BCUT2D eigenvalue weighted by atomic mass is 16.5. The topological polar surface area (TPSA) is 54.9 Å². The fourth-order valence-electron chi connectivity index (χ4n) is 2.93. The number of aromatic amines is 1. The number of ether oxygens (including phenoxy) is 1. The fraction of sp³-hybridized carbons (Fsp3) is 0.312. The van der Waals surface area contributed by atoms with Gasteiger partial charge in [0.25, 0.3) is 0 Å². The van der Waals surface area contributed by atoms with Gasteiger partial charge >= 0.3 is 0 Å². The molecule has 2 N–H and O–H groups in total. The van der Waals surface area contributed by atoms with Crippen molar-refractivity contribution in [2.45, 2.75) is 12.1 Å². The lowest BCUT2D eigenvalue weighted by Crippen LogP contribution is -2.57. The molecule has 1 aliphatic heterocycles. The molecule has 5 nitrogen and oxygen atoms in total. The van der Waals surface area contributed by atoms with Gasteiger partial charge in [-0.2, -0.15) is 0 Å². The van der Waals surface area contributed by atoms with E-state index in [1.54, 1.807) is 0 Å². The van der Waals surface area contributed by atoms with E-state index in [-0.39, 0.29) is 5.54 Å². The lowest BCUT2D eigenvalue weighted by molar-refractivity contribution is -0.0993. The Kier molecular flexibility index (Phi) is 3.02. The van der Waals surface area contributed by atoms with Crippen molar-refractivity contribution >= 4 is 10.9 Å². The van der Waals surface area contributed by atoms with Crippen LogP contribution in [0.25, 0.3) is 10.9 Å². The molecule has 1 aromatic carbocycles. The molecule has 0 spiro atoms. The van der Waals surface area contributed by atoms with E-state index in [1.165, 1.54) is 16.5 Å². The Morgan fingerprint density at radius 3 is 3.00 bits per heavy atom. The molecule has 0 saturated carbocycles. The summed E-state index contributed by atoms with van der Waals surface area (Å²) >= 11 is 0. The van der Waals surface area contributed by atoms with E-state index in [1.807, 2.05) is 18.7 Å². The van der Waals surface area contributed by atoms with E-state index in [0.29, 0.717) is 0 Å². The van der Waals surface area contributed by atoms with Crippen molar-refractivity contribution in [3.8, 4) is 0 Å². The molecule has 0 aliphatic carbocycles. The number of imidazole rings is 1. The van der Waals surface area contributed by atoms with Crippen molar-refractivity contribution in [3.63, 3.8) is 0 Å². The lowest BCUT2D eigenvalue weighted by atomic mass is 9.97. The van der Waals surface area contributed by atoms with E-state index >= 15 is 0 Å². The maximum Gasteiger partial charge on any atom is 0.104 e. The molecular weight excluding hydrogens is 264 g/mol. The zero-order valence-corrected chi connectivity index (χ0v) is 11.7. The van der Waals surface area contributed by atoms with Gasteiger partial charge in [0, 0.05) is 42.6 Å². The summed E-state index contributed by atoms with van der Waals surface area (Å²) in [5.74, 6) is 0. The number of hydrogen-bond acceptors (Lipinski definition) is 3. The van der Waals surface area contributed by atoms with Crippen LogP contribution in [0.2, 0.25) is 0 Å². The summed E-state index contributed by atoms with van der Waals surface area (Å²) in [6.45, 7) is 3.21. The molecule has 0 atom stereocenters. The lowest BCUT2D eigenvalue weighted by Gasteiger charge is -2.42. The smallest absolute Gasteiger partial charge is 0.104 e. The van der Waals surface area contributed by atoms with Crippen LogP contribution in [0.15, 0.2) is 49.2 Å². The van der Waals surface area contributed by atoms with Crippen molar-refractivity contribution < 1.29 is 4.74 Å². The van der Waals surface area contributed by atoms with Gasteiger partial charge in [0.2, 0.25) is 0 Å². The number of benzene rings is 1. The fourth-order valence-corrected chi connectivity index (χ4v) is 2.93. The van der Waals surface area contributed by atoms with Gasteiger partial charge in [-0.1, -0.05) is 18.2 Å². The number of nitrogens with one attached hydrogen (secondary N) is 2. The molecule has 0 unspecified atom stereocenters. The van der Waals surface area contributed by atoms with Crippen LogP contribution in [-0.2, 0) is 16.8 Å². The van der Waals surface area contributed by atoms with Gasteiger partial charge < -0.3 is 19.6 Å². The minimum absolute atomic E-state index is 0.0165. The van der Waals surface area contributed by atoms with Crippen molar-refractivity contribution in [2.75, 3.05) is 19.8 Å². The second-order valence-corrected chi connectivity index (χ2v) is 5.65. The van der Waals surface area contributed by atoms with Crippen molar-refractivity contribution in [1.29, 1.82) is 0 Å². The zero-order chi connectivity index (χ0) is 14.1. The quantitative estimate of drug-likeness (QED) is 0.751. The third-order valence-corrected chi connectivity index (χ3v) is 4.24. The van der Waals surface area contributed by atoms with Crippen LogP contribution in [0.5, 0.6) is 0 Å². The van der Waals surface area contributed by atoms with Crippen LogP contribution in [0, 0.1) is 0 Å². The van der Waals surface area contributed by atoms with Crippen LogP contribution in [0.4, 0.5) is 0 Å². The highest BCUT2D eigenvalue weighted by Crippen LogP contribution is 2.25. The second-order valence-electron chi connectivity index (χ2n) is 5.65. The molecule has 4 rings (SSSR count). The number of aromatic nitrogens is 3. The molecule has 1 fully saturated rings. The molecule has 0 amide bonds. The molecular formula is C16H18N4O.